The highest BCUT2D eigenvalue weighted by molar-refractivity contribution is 5.51. The number of likely N-dealkylation sites (tertiary alicyclic amines) is 1. The summed E-state index contributed by atoms with van der Waals surface area (Å²) in [5.41, 5.74) is 0.980. The van der Waals surface area contributed by atoms with E-state index in [0.29, 0.717) is 17.8 Å². The summed E-state index contributed by atoms with van der Waals surface area (Å²) in [5, 5.41) is 8.30. The lowest BCUT2D eigenvalue weighted by molar-refractivity contribution is 0.139. The van der Waals surface area contributed by atoms with E-state index in [1.807, 2.05) is 30.3 Å². The lowest BCUT2D eigenvalue weighted by atomic mass is 10.0. The van der Waals surface area contributed by atoms with Crippen molar-refractivity contribution >= 4 is 0 Å². The van der Waals surface area contributed by atoms with E-state index in [0.717, 1.165) is 18.7 Å². The lowest BCUT2D eigenvalue weighted by Gasteiger charge is -2.31. The first kappa shape index (κ1) is 12.4. The third kappa shape index (κ3) is 2.84. The Morgan fingerprint density at radius 1 is 1.21 bits per heavy atom. The van der Waals surface area contributed by atoms with Gasteiger partial charge in [-0.3, -0.25) is 4.90 Å². The van der Waals surface area contributed by atoms with Gasteiger partial charge in [-0.05, 0) is 38.4 Å². The molecule has 4 nitrogen and oxygen atoms in total. The highest BCUT2D eigenvalue weighted by Gasteiger charge is 2.20. The van der Waals surface area contributed by atoms with Crippen molar-refractivity contribution in [1.29, 1.82) is 0 Å². The van der Waals surface area contributed by atoms with E-state index >= 15 is 0 Å². The SMILES string of the molecule is C[C@H]1CCCCN1Cc1nnc(-c2ccccc2)o1. The van der Waals surface area contributed by atoms with Gasteiger partial charge in [0.05, 0.1) is 6.54 Å². The Hall–Kier alpha value is -1.68. The lowest BCUT2D eigenvalue weighted by Crippen LogP contribution is -2.36. The molecule has 0 radical (unpaired) electrons. The van der Waals surface area contributed by atoms with Gasteiger partial charge in [0.25, 0.3) is 0 Å². The van der Waals surface area contributed by atoms with Crippen LogP contribution >= 0.6 is 0 Å². The number of aromatic nitrogens is 2. The molecule has 0 saturated carbocycles. The van der Waals surface area contributed by atoms with Crippen molar-refractivity contribution in [2.24, 2.45) is 0 Å². The third-order valence-corrected chi connectivity index (χ3v) is 3.77. The predicted molar refractivity (Wildman–Crippen MR) is 73.5 cm³/mol. The predicted octanol–water partition coefficient (Wildman–Crippen LogP) is 3.11. The highest BCUT2D eigenvalue weighted by atomic mass is 16.4. The fourth-order valence-electron chi connectivity index (χ4n) is 2.58. The molecule has 0 spiro atoms. The van der Waals surface area contributed by atoms with Gasteiger partial charge in [0.2, 0.25) is 11.8 Å². The first-order valence-electron chi connectivity index (χ1n) is 6.95. The van der Waals surface area contributed by atoms with Crippen molar-refractivity contribution in [1.82, 2.24) is 15.1 Å². The van der Waals surface area contributed by atoms with Gasteiger partial charge in [0, 0.05) is 11.6 Å². The van der Waals surface area contributed by atoms with Crippen LogP contribution in [-0.2, 0) is 6.54 Å². The normalized spacial score (nSPS) is 20.6. The van der Waals surface area contributed by atoms with E-state index in [1.54, 1.807) is 0 Å². The molecule has 1 aromatic carbocycles. The van der Waals surface area contributed by atoms with Crippen molar-refractivity contribution in [2.45, 2.75) is 38.8 Å². The molecule has 1 aliphatic rings. The van der Waals surface area contributed by atoms with Crippen LogP contribution in [0.2, 0.25) is 0 Å². The molecule has 0 N–H and O–H groups in total. The second-order valence-electron chi connectivity index (χ2n) is 5.18. The quantitative estimate of drug-likeness (QED) is 0.847. The molecule has 0 bridgehead atoms. The van der Waals surface area contributed by atoms with Crippen LogP contribution in [0.15, 0.2) is 34.7 Å². The standard InChI is InChI=1S/C15H19N3O/c1-12-7-5-6-10-18(12)11-14-16-17-15(19-14)13-8-3-2-4-9-13/h2-4,8-9,12H,5-7,10-11H2,1H3/t12-/m0/s1. The van der Waals surface area contributed by atoms with Crippen molar-refractivity contribution in [3.63, 3.8) is 0 Å². The van der Waals surface area contributed by atoms with E-state index in [9.17, 15) is 0 Å². The summed E-state index contributed by atoms with van der Waals surface area (Å²) in [6, 6.07) is 10.5. The maximum atomic E-state index is 5.76. The van der Waals surface area contributed by atoms with Crippen molar-refractivity contribution in [3.8, 4) is 11.5 Å². The largest absolute Gasteiger partial charge is 0.419 e. The average Bonchev–Trinajstić information content (AvgIpc) is 2.91. The van der Waals surface area contributed by atoms with Gasteiger partial charge in [0.15, 0.2) is 0 Å². The Labute approximate surface area is 113 Å². The first-order valence-corrected chi connectivity index (χ1v) is 6.95. The minimum absolute atomic E-state index is 0.611. The Bertz CT molecular complexity index is 523. The van der Waals surface area contributed by atoms with Gasteiger partial charge in [-0.25, -0.2) is 0 Å². The van der Waals surface area contributed by atoms with Crippen molar-refractivity contribution in [3.05, 3.63) is 36.2 Å². The van der Waals surface area contributed by atoms with Gasteiger partial charge >= 0.3 is 0 Å². The second-order valence-corrected chi connectivity index (χ2v) is 5.18. The second kappa shape index (κ2) is 5.53. The summed E-state index contributed by atoms with van der Waals surface area (Å²) in [4.78, 5) is 2.42. The Morgan fingerprint density at radius 2 is 2.05 bits per heavy atom. The number of nitrogens with zero attached hydrogens (tertiary/aromatic N) is 3. The number of rotatable bonds is 3. The topological polar surface area (TPSA) is 42.2 Å². The fourth-order valence-corrected chi connectivity index (χ4v) is 2.58. The summed E-state index contributed by atoms with van der Waals surface area (Å²) in [5.74, 6) is 1.33. The maximum absolute atomic E-state index is 5.76. The minimum Gasteiger partial charge on any atom is -0.419 e. The van der Waals surface area contributed by atoms with Crippen LogP contribution in [-0.4, -0.2) is 27.7 Å². The zero-order chi connectivity index (χ0) is 13.1. The Balaban J connectivity index is 1.71. The van der Waals surface area contributed by atoms with Gasteiger partial charge < -0.3 is 4.42 Å². The highest BCUT2D eigenvalue weighted by Crippen LogP contribution is 2.21. The molecule has 0 unspecified atom stereocenters. The summed E-state index contributed by atoms with van der Waals surface area (Å²) < 4.78 is 5.76. The third-order valence-electron chi connectivity index (χ3n) is 3.77. The van der Waals surface area contributed by atoms with Crippen LogP contribution in [0.3, 0.4) is 0 Å². The first-order chi connectivity index (χ1) is 9.33. The van der Waals surface area contributed by atoms with Crippen molar-refractivity contribution < 1.29 is 4.42 Å². The molecule has 3 rings (SSSR count). The minimum atomic E-state index is 0.611. The zero-order valence-corrected chi connectivity index (χ0v) is 11.2. The molecule has 0 aliphatic carbocycles. The van der Waals surface area contributed by atoms with Gasteiger partial charge in [-0.15, -0.1) is 10.2 Å². The average molecular weight is 257 g/mol. The fraction of sp³-hybridized carbons (Fsp3) is 0.467. The molecular formula is C15H19N3O. The summed E-state index contributed by atoms with van der Waals surface area (Å²) in [7, 11) is 0. The Morgan fingerprint density at radius 3 is 2.84 bits per heavy atom. The van der Waals surface area contributed by atoms with Gasteiger partial charge in [0.1, 0.15) is 0 Å². The molecule has 4 heteroatoms. The van der Waals surface area contributed by atoms with E-state index in [1.165, 1.54) is 19.3 Å². The molecule has 0 amide bonds. The monoisotopic (exact) mass is 257 g/mol. The molecule has 1 atom stereocenters. The summed E-state index contributed by atoms with van der Waals surface area (Å²) in [6.45, 7) is 4.17. The van der Waals surface area contributed by atoms with Crippen LogP contribution in [0.4, 0.5) is 0 Å². The summed E-state index contributed by atoms with van der Waals surface area (Å²) >= 11 is 0. The van der Waals surface area contributed by atoms with Crippen LogP contribution < -0.4 is 0 Å². The number of hydrogen-bond donors (Lipinski definition) is 0. The molecule has 2 aromatic rings. The number of benzene rings is 1. The van der Waals surface area contributed by atoms with Crippen molar-refractivity contribution in [2.75, 3.05) is 6.54 Å². The molecular weight excluding hydrogens is 238 g/mol. The van der Waals surface area contributed by atoms with E-state index < -0.39 is 0 Å². The molecule has 2 heterocycles. The maximum Gasteiger partial charge on any atom is 0.247 e. The number of piperidine rings is 1. The van der Waals surface area contributed by atoms with E-state index in [2.05, 4.69) is 22.0 Å². The smallest absolute Gasteiger partial charge is 0.247 e. The van der Waals surface area contributed by atoms with E-state index in [-0.39, 0.29) is 0 Å². The molecule has 100 valence electrons. The molecule has 1 saturated heterocycles. The Kier molecular flexibility index (Phi) is 3.60. The van der Waals surface area contributed by atoms with Crippen LogP contribution in [0.5, 0.6) is 0 Å². The molecule has 19 heavy (non-hydrogen) atoms. The van der Waals surface area contributed by atoms with Crippen LogP contribution in [0.1, 0.15) is 32.1 Å². The van der Waals surface area contributed by atoms with Gasteiger partial charge in [-0.2, -0.15) is 0 Å². The molecule has 1 aliphatic heterocycles. The van der Waals surface area contributed by atoms with Crippen LogP contribution in [0.25, 0.3) is 11.5 Å². The number of hydrogen-bond acceptors (Lipinski definition) is 4. The molecule has 1 fully saturated rings. The zero-order valence-electron chi connectivity index (χ0n) is 11.2. The summed E-state index contributed by atoms with van der Waals surface area (Å²) in [6.07, 6.45) is 3.86. The van der Waals surface area contributed by atoms with E-state index in [4.69, 9.17) is 4.42 Å². The molecule has 1 aromatic heterocycles. The van der Waals surface area contributed by atoms with Gasteiger partial charge in [-0.1, -0.05) is 24.6 Å². The van der Waals surface area contributed by atoms with Crippen LogP contribution in [0, 0.1) is 0 Å².